The summed E-state index contributed by atoms with van der Waals surface area (Å²) in [5, 5.41) is 10.7. The van der Waals surface area contributed by atoms with Gasteiger partial charge in [0, 0.05) is 17.0 Å². The van der Waals surface area contributed by atoms with Crippen LogP contribution in [0, 0.1) is 11.7 Å². The molecule has 0 aliphatic rings. The van der Waals surface area contributed by atoms with E-state index in [0.29, 0.717) is 16.5 Å². The molecule has 2 rings (SSSR count). The molecule has 0 aliphatic carbocycles. The maximum atomic E-state index is 13.8. The van der Waals surface area contributed by atoms with Gasteiger partial charge in [-0.05, 0) is 35.6 Å². The van der Waals surface area contributed by atoms with Gasteiger partial charge in [-0.2, -0.15) is 0 Å². The number of aliphatic hydroxyl groups excluding tert-OH is 1. The van der Waals surface area contributed by atoms with Crippen LogP contribution in [0.1, 0.15) is 36.6 Å². The highest BCUT2D eigenvalue weighted by molar-refractivity contribution is 6.31. The van der Waals surface area contributed by atoms with Crippen molar-refractivity contribution in [2.75, 3.05) is 0 Å². The lowest BCUT2D eigenvalue weighted by atomic mass is 9.96. The number of rotatable bonds is 5. The van der Waals surface area contributed by atoms with Crippen molar-refractivity contribution in [3.05, 3.63) is 70.0 Å². The Morgan fingerprint density at radius 2 is 1.81 bits per heavy atom. The molecule has 1 nitrogen and oxygen atoms in total. The van der Waals surface area contributed by atoms with E-state index in [4.69, 9.17) is 11.6 Å². The van der Waals surface area contributed by atoms with E-state index in [1.807, 2.05) is 24.3 Å². The van der Waals surface area contributed by atoms with E-state index >= 15 is 0 Å². The Labute approximate surface area is 130 Å². The monoisotopic (exact) mass is 306 g/mol. The normalized spacial score (nSPS) is 12.7. The molecule has 0 saturated heterocycles. The third-order valence-electron chi connectivity index (χ3n) is 3.44. The maximum absolute atomic E-state index is 13.8. The predicted molar refractivity (Wildman–Crippen MR) is 85.1 cm³/mol. The molecule has 21 heavy (non-hydrogen) atoms. The van der Waals surface area contributed by atoms with Crippen molar-refractivity contribution in [1.29, 1.82) is 0 Å². The third kappa shape index (κ3) is 4.29. The highest BCUT2D eigenvalue weighted by Crippen LogP contribution is 2.26. The molecule has 1 atom stereocenters. The Morgan fingerprint density at radius 1 is 1.10 bits per heavy atom. The van der Waals surface area contributed by atoms with Crippen molar-refractivity contribution in [1.82, 2.24) is 0 Å². The molecular weight excluding hydrogens is 287 g/mol. The lowest BCUT2D eigenvalue weighted by molar-refractivity contribution is 0.177. The minimum Gasteiger partial charge on any atom is -0.388 e. The fraction of sp³-hybridized carbons (Fsp3) is 0.333. The first kappa shape index (κ1) is 16.0. The van der Waals surface area contributed by atoms with E-state index in [2.05, 4.69) is 13.8 Å². The van der Waals surface area contributed by atoms with Crippen molar-refractivity contribution >= 4 is 11.6 Å². The minimum absolute atomic E-state index is 0.177. The van der Waals surface area contributed by atoms with E-state index < -0.39 is 6.10 Å². The van der Waals surface area contributed by atoms with Crippen LogP contribution in [-0.4, -0.2) is 5.11 Å². The van der Waals surface area contributed by atoms with Crippen molar-refractivity contribution in [3.63, 3.8) is 0 Å². The van der Waals surface area contributed by atoms with Gasteiger partial charge in [0.15, 0.2) is 0 Å². The molecule has 3 heteroatoms. The van der Waals surface area contributed by atoms with Crippen molar-refractivity contribution in [2.45, 2.75) is 32.8 Å². The second kappa shape index (κ2) is 7.06. The molecule has 0 bridgehead atoms. The third-order valence-corrected chi connectivity index (χ3v) is 3.79. The lowest BCUT2D eigenvalue weighted by Crippen LogP contribution is -2.05. The van der Waals surface area contributed by atoms with Crippen LogP contribution < -0.4 is 0 Å². The number of hydrogen-bond acceptors (Lipinski definition) is 1. The summed E-state index contributed by atoms with van der Waals surface area (Å²) in [6.07, 6.45) is 0.379. The highest BCUT2D eigenvalue weighted by Gasteiger charge is 2.15. The average molecular weight is 307 g/mol. The van der Waals surface area contributed by atoms with Crippen molar-refractivity contribution in [2.24, 2.45) is 5.92 Å². The first-order valence-corrected chi connectivity index (χ1v) is 7.55. The molecular formula is C18H20ClFO. The average Bonchev–Trinajstić information content (AvgIpc) is 2.42. The molecule has 1 unspecified atom stereocenters. The van der Waals surface area contributed by atoms with Gasteiger partial charge < -0.3 is 5.11 Å². The van der Waals surface area contributed by atoms with Crippen LogP contribution in [0.25, 0.3) is 0 Å². The Hall–Kier alpha value is -1.38. The quantitative estimate of drug-likeness (QED) is 0.828. The zero-order valence-electron chi connectivity index (χ0n) is 12.3. The summed E-state index contributed by atoms with van der Waals surface area (Å²) in [5.41, 5.74) is 2.34. The SMILES string of the molecule is CC(C)Cc1cccc(C(O)Cc2c(F)cccc2Cl)c1. The summed E-state index contributed by atoms with van der Waals surface area (Å²) < 4.78 is 13.8. The van der Waals surface area contributed by atoms with E-state index in [-0.39, 0.29) is 12.2 Å². The number of hydrogen-bond donors (Lipinski definition) is 1. The molecule has 2 aromatic rings. The van der Waals surface area contributed by atoms with Crippen molar-refractivity contribution in [3.8, 4) is 0 Å². The molecule has 0 saturated carbocycles. The molecule has 0 fully saturated rings. The Bertz CT molecular complexity index is 590. The fourth-order valence-corrected chi connectivity index (χ4v) is 2.68. The van der Waals surface area contributed by atoms with E-state index in [1.54, 1.807) is 12.1 Å². The van der Waals surface area contributed by atoms with Crippen LogP contribution in [-0.2, 0) is 12.8 Å². The van der Waals surface area contributed by atoms with Gasteiger partial charge in [-0.1, -0.05) is 55.8 Å². The van der Waals surface area contributed by atoms with Gasteiger partial charge in [0.05, 0.1) is 6.10 Å². The van der Waals surface area contributed by atoms with Crippen LogP contribution in [0.15, 0.2) is 42.5 Å². The smallest absolute Gasteiger partial charge is 0.127 e. The second-order valence-electron chi connectivity index (χ2n) is 5.76. The van der Waals surface area contributed by atoms with Gasteiger partial charge in [-0.3, -0.25) is 0 Å². The largest absolute Gasteiger partial charge is 0.388 e. The van der Waals surface area contributed by atoms with Crippen LogP contribution in [0.2, 0.25) is 5.02 Å². The van der Waals surface area contributed by atoms with Gasteiger partial charge in [-0.25, -0.2) is 4.39 Å². The zero-order valence-corrected chi connectivity index (χ0v) is 13.1. The number of aliphatic hydroxyl groups is 1. The van der Waals surface area contributed by atoms with Crippen LogP contribution in [0.3, 0.4) is 0 Å². The summed E-state index contributed by atoms with van der Waals surface area (Å²) in [6.45, 7) is 4.31. The molecule has 0 amide bonds. The van der Waals surface area contributed by atoms with Gasteiger partial charge in [0.1, 0.15) is 5.82 Å². The second-order valence-corrected chi connectivity index (χ2v) is 6.17. The van der Waals surface area contributed by atoms with Gasteiger partial charge in [0.25, 0.3) is 0 Å². The summed E-state index contributed by atoms with van der Waals surface area (Å²) in [7, 11) is 0. The van der Waals surface area contributed by atoms with Gasteiger partial charge >= 0.3 is 0 Å². The molecule has 112 valence electrons. The molecule has 2 aromatic carbocycles. The first-order chi connectivity index (χ1) is 9.97. The van der Waals surface area contributed by atoms with Crippen LogP contribution in [0.5, 0.6) is 0 Å². The standard InChI is InChI=1S/C18H20ClFO/c1-12(2)9-13-5-3-6-14(10-13)18(21)11-15-16(19)7-4-8-17(15)20/h3-8,10,12,18,21H,9,11H2,1-2H3. The van der Waals surface area contributed by atoms with Gasteiger partial charge in [0.2, 0.25) is 0 Å². The Kier molecular flexibility index (Phi) is 5.38. The molecule has 0 spiro atoms. The van der Waals surface area contributed by atoms with Crippen molar-refractivity contribution < 1.29 is 9.50 Å². The molecule has 0 aliphatic heterocycles. The molecule has 0 radical (unpaired) electrons. The summed E-state index contributed by atoms with van der Waals surface area (Å²) in [5.74, 6) is 0.179. The zero-order chi connectivity index (χ0) is 15.4. The van der Waals surface area contributed by atoms with E-state index in [1.165, 1.54) is 11.6 Å². The van der Waals surface area contributed by atoms with E-state index in [0.717, 1.165) is 12.0 Å². The van der Waals surface area contributed by atoms with E-state index in [9.17, 15) is 9.50 Å². The number of benzene rings is 2. The summed E-state index contributed by atoms with van der Waals surface area (Å²) >= 11 is 6.01. The topological polar surface area (TPSA) is 20.2 Å². The van der Waals surface area contributed by atoms with Crippen LogP contribution >= 0.6 is 11.6 Å². The Morgan fingerprint density at radius 3 is 2.48 bits per heavy atom. The molecule has 0 aromatic heterocycles. The fourth-order valence-electron chi connectivity index (χ4n) is 2.44. The first-order valence-electron chi connectivity index (χ1n) is 7.17. The maximum Gasteiger partial charge on any atom is 0.127 e. The Balaban J connectivity index is 2.18. The predicted octanol–water partition coefficient (Wildman–Crippen LogP) is 4.95. The lowest BCUT2D eigenvalue weighted by Gasteiger charge is -2.14. The highest BCUT2D eigenvalue weighted by atomic mass is 35.5. The molecule has 0 heterocycles. The minimum atomic E-state index is -0.758. The molecule has 1 N–H and O–H groups in total. The number of halogens is 2. The summed E-state index contributed by atoms with van der Waals surface area (Å²) in [4.78, 5) is 0. The summed E-state index contributed by atoms with van der Waals surface area (Å²) in [6, 6.07) is 12.4. The van der Waals surface area contributed by atoms with Crippen LogP contribution in [0.4, 0.5) is 4.39 Å². The van der Waals surface area contributed by atoms with Gasteiger partial charge in [-0.15, -0.1) is 0 Å².